The Morgan fingerprint density at radius 1 is 1.24 bits per heavy atom. The number of nitrogens with one attached hydrogen (secondary N) is 2. The van der Waals surface area contributed by atoms with E-state index in [9.17, 15) is 22.4 Å². The fraction of sp³-hybridized carbons (Fsp3) is 0.300. The van der Waals surface area contributed by atoms with Crippen LogP contribution in [0.1, 0.15) is 25.3 Å². The van der Waals surface area contributed by atoms with Crippen LogP contribution in [0.15, 0.2) is 52.3 Å². The highest BCUT2D eigenvalue weighted by Crippen LogP contribution is 2.36. The van der Waals surface area contributed by atoms with Crippen molar-refractivity contribution in [1.29, 1.82) is 0 Å². The van der Waals surface area contributed by atoms with Crippen LogP contribution in [0.4, 0.5) is 10.1 Å². The maximum absolute atomic E-state index is 12.9. The number of carbonyl (C=O) groups is 2. The normalized spacial score (nSPS) is 16.5. The van der Waals surface area contributed by atoms with E-state index in [1.54, 1.807) is 18.2 Å². The Morgan fingerprint density at radius 2 is 1.97 bits per heavy atom. The number of sulfone groups is 1. The lowest BCUT2D eigenvalue weighted by Crippen LogP contribution is -2.25. The molecule has 1 unspecified atom stereocenters. The van der Waals surface area contributed by atoms with Gasteiger partial charge in [-0.25, -0.2) is 12.8 Å². The van der Waals surface area contributed by atoms with E-state index in [1.165, 1.54) is 36.0 Å². The Labute approximate surface area is 173 Å². The third-order valence-corrected chi connectivity index (χ3v) is 7.28. The van der Waals surface area contributed by atoms with Gasteiger partial charge in [0, 0.05) is 29.5 Å². The Kier molecular flexibility index (Phi) is 6.59. The molecule has 0 aliphatic carbocycles. The molecule has 1 atom stereocenters. The smallest absolute Gasteiger partial charge is 0.225 e. The maximum Gasteiger partial charge on any atom is 0.225 e. The van der Waals surface area contributed by atoms with Crippen LogP contribution in [0, 0.1) is 5.82 Å². The van der Waals surface area contributed by atoms with Gasteiger partial charge in [0.1, 0.15) is 5.82 Å². The van der Waals surface area contributed by atoms with Crippen molar-refractivity contribution in [3.8, 4) is 0 Å². The number of halogens is 1. The molecule has 1 aliphatic rings. The molecular weight excluding hydrogens is 415 g/mol. The van der Waals surface area contributed by atoms with Gasteiger partial charge in [-0.3, -0.25) is 9.59 Å². The fourth-order valence-corrected chi connectivity index (χ4v) is 5.17. The van der Waals surface area contributed by atoms with E-state index in [2.05, 4.69) is 10.6 Å². The van der Waals surface area contributed by atoms with Gasteiger partial charge < -0.3 is 10.6 Å². The first-order valence-corrected chi connectivity index (χ1v) is 11.6. The Balaban J connectivity index is 1.61. The van der Waals surface area contributed by atoms with Crippen molar-refractivity contribution in [2.45, 2.75) is 41.4 Å². The molecule has 0 bridgehead atoms. The molecule has 0 saturated heterocycles. The predicted octanol–water partition coefficient (Wildman–Crippen LogP) is 3.13. The van der Waals surface area contributed by atoms with Gasteiger partial charge in [0.2, 0.25) is 11.8 Å². The minimum atomic E-state index is -3.69. The van der Waals surface area contributed by atoms with Crippen molar-refractivity contribution in [2.75, 3.05) is 11.1 Å². The number of hydrogen-bond donors (Lipinski definition) is 2. The van der Waals surface area contributed by atoms with E-state index >= 15 is 0 Å². The lowest BCUT2D eigenvalue weighted by Gasteiger charge is -2.11. The summed E-state index contributed by atoms with van der Waals surface area (Å²) in [4.78, 5) is 24.8. The highest BCUT2D eigenvalue weighted by Gasteiger charge is 2.22. The second-order valence-electron chi connectivity index (χ2n) is 6.81. The van der Waals surface area contributed by atoms with Crippen molar-refractivity contribution >= 4 is 39.1 Å². The zero-order chi connectivity index (χ0) is 21.0. The molecule has 154 valence electrons. The van der Waals surface area contributed by atoms with Crippen LogP contribution in [0.25, 0.3) is 0 Å². The summed E-state index contributed by atoms with van der Waals surface area (Å²) in [5.74, 6) is -1.28. The highest BCUT2D eigenvalue weighted by atomic mass is 32.2. The second kappa shape index (κ2) is 8.96. The molecule has 1 heterocycles. The van der Waals surface area contributed by atoms with E-state index < -0.39 is 15.7 Å². The number of benzene rings is 2. The first-order valence-electron chi connectivity index (χ1n) is 9.07. The molecule has 1 aliphatic heterocycles. The summed E-state index contributed by atoms with van der Waals surface area (Å²) in [6.45, 7) is 2.13. The van der Waals surface area contributed by atoms with Gasteiger partial charge in [0.25, 0.3) is 0 Å². The average molecular weight is 437 g/mol. The summed E-state index contributed by atoms with van der Waals surface area (Å²) in [5, 5.41) is 5.47. The van der Waals surface area contributed by atoms with Crippen molar-refractivity contribution in [3.05, 3.63) is 53.8 Å². The highest BCUT2D eigenvalue weighted by molar-refractivity contribution is 8.00. The molecule has 9 heteroatoms. The Hall–Kier alpha value is -2.39. The van der Waals surface area contributed by atoms with Gasteiger partial charge in [0.05, 0.1) is 16.3 Å². The van der Waals surface area contributed by atoms with Crippen LogP contribution in [-0.4, -0.2) is 31.2 Å². The number of thioether (sulfide) groups is 1. The summed E-state index contributed by atoms with van der Waals surface area (Å²) >= 11 is 1.51. The van der Waals surface area contributed by atoms with Crippen LogP contribution in [0.3, 0.4) is 0 Å². The van der Waals surface area contributed by atoms with E-state index in [4.69, 9.17) is 0 Å². The standard InChI is InChI=1S/C20H21FN2O4S2/c1-13-10-20(25)23-17-11-16(6-7-18(17)28-13)29(26,27)9-8-19(24)22-12-14-2-4-15(21)5-3-14/h2-7,11,13H,8-10,12H2,1H3,(H,22,24)(H,23,25). The van der Waals surface area contributed by atoms with Crippen LogP contribution in [-0.2, 0) is 26.0 Å². The van der Waals surface area contributed by atoms with Crippen molar-refractivity contribution in [1.82, 2.24) is 5.32 Å². The monoisotopic (exact) mass is 436 g/mol. The van der Waals surface area contributed by atoms with E-state index in [1.807, 2.05) is 6.92 Å². The summed E-state index contributed by atoms with van der Waals surface area (Å²) < 4.78 is 38.1. The van der Waals surface area contributed by atoms with Crippen LogP contribution in [0.2, 0.25) is 0 Å². The molecule has 2 N–H and O–H groups in total. The largest absolute Gasteiger partial charge is 0.352 e. The quantitative estimate of drug-likeness (QED) is 0.726. The summed E-state index contributed by atoms with van der Waals surface area (Å²) in [6, 6.07) is 10.3. The molecule has 6 nitrogen and oxygen atoms in total. The molecule has 0 saturated carbocycles. The molecule has 0 fully saturated rings. The third kappa shape index (κ3) is 5.80. The number of anilines is 1. The summed E-state index contributed by atoms with van der Waals surface area (Å²) in [7, 11) is -3.69. The van der Waals surface area contributed by atoms with Crippen LogP contribution < -0.4 is 10.6 Å². The summed E-state index contributed by atoms with van der Waals surface area (Å²) in [6.07, 6.45) is 0.161. The molecule has 0 aromatic heterocycles. The van der Waals surface area contributed by atoms with Gasteiger partial charge in [-0.2, -0.15) is 0 Å². The number of hydrogen-bond acceptors (Lipinski definition) is 5. The van der Waals surface area contributed by atoms with Crippen LogP contribution in [0.5, 0.6) is 0 Å². The van der Waals surface area contributed by atoms with Gasteiger partial charge in [-0.15, -0.1) is 11.8 Å². The Morgan fingerprint density at radius 3 is 2.69 bits per heavy atom. The van der Waals surface area contributed by atoms with E-state index in [-0.39, 0.29) is 40.6 Å². The summed E-state index contributed by atoms with van der Waals surface area (Å²) in [5.41, 5.74) is 1.20. The number of carbonyl (C=O) groups excluding carboxylic acids is 2. The molecule has 2 amide bonds. The molecule has 2 aromatic rings. The van der Waals surface area contributed by atoms with Crippen LogP contribution >= 0.6 is 11.8 Å². The van der Waals surface area contributed by atoms with Gasteiger partial charge in [0.15, 0.2) is 9.84 Å². The Bertz CT molecular complexity index is 1020. The first-order chi connectivity index (χ1) is 13.7. The zero-order valence-electron chi connectivity index (χ0n) is 15.8. The number of fused-ring (bicyclic) bond motifs is 1. The third-order valence-electron chi connectivity index (χ3n) is 4.39. The predicted molar refractivity (Wildman–Crippen MR) is 110 cm³/mol. The topological polar surface area (TPSA) is 92.3 Å². The lowest BCUT2D eigenvalue weighted by molar-refractivity contribution is -0.121. The van der Waals surface area contributed by atoms with Gasteiger partial charge in [-0.05, 0) is 35.9 Å². The van der Waals surface area contributed by atoms with E-state index in [0.29, 0.717) is 12.1 Å². The molecule has 2 aromatic carbocycles. The maximum atomic E-state index is 12.9. The first kappa shape index (κ1) is 21.3. The molecule has 0 radical (unpaired) electrons. The number of amides is 2. The minimum absolute atomic E-state index is 0.0676. The molecular formula is C20H21FN2O4S2. The molecule has 3 rings (SSSR count). The zero-order valence-corrected chi connectivity index (χ0v) is 17.4. The molecule has 0 spiro atoms. The minimum Gasteiger partial charge on any atom is -0.352 e. The van der Waals surface area contributed by atoms with Crippen molar-refractivity contribution in [3.63, 3.8) is 0 Å². The van der Waals surface area contributed by atoms with Crippen molar-refractivity contribution < 1.29 is 22.4 Å². The van der Waals surface area contributed by atoms with E-state index in [0.717, 1.165) is 10.5 Å². The van der Waals surface area contributed by atoms with Gasteiger partial charge >= 0.3 is 0 Å². The average Bonchev–Trinajstić information content (AvgIpc) is 2.81. The number of rotatable bonds is 6. The fourth-order valence-electron chi connectivity index (χ4n) is 2.86. The SMILES string of the molecule is CC1CC(=O)Nc2cc(S(=O)(=O)CCC(=O)NCc3ccc(F)cc3)ccc2S1. The molecule has 29 heavy (non-hydrogen) atoms. The van der Waals surface area contributed by atoms with Gasteiger partial charge in [-0.1, -0.05) is 19.1 Å². The van der Waals surface area contributed by atoms with Crippen molar-refractivity contribution in [2.24, 2.45) is 0 Å². The second-order valence-corrected chi connectivity index (χ2v) is 10.4. The lowest BCUT2D eigenvalue weighted by atomic mass is 10.2.